The number of carbonyl (C=O) groups excluding carboxylic acids is 1. The van der Waals surface area contributed by atoms with Gasteiger partial charge in [0.2, 0.25) is 0 Å². The maximum atomic E-state index is 12.3. The highest BCUT2D eigenvalue weighted by Crippen LogP contribution is 2.51. The van der Waals surface area contributed by atoms with Crippen molar-refractivity contribution in [3.63, 3.8) is 0 Å². The van der Waals surface area contributed by atoms with Crippen LogP contribution in [0.5, 0.6) is 5.75 Å². The molecular weight excluding hydrogens is 236 g/mol. The quantitative estimate of drug-likeness (QED) is 0.776. The summed E-state index contributed by atoms with van der Waals surface area (Å²) in [4.78, 5) is 12.3. The van der Waals surface area contributed by atoms with Crippen LogP contribution in [0.25, 0.3) is 0 Å². The molecule has 0 aromatic heterocycles. The number of hydrogen-bond acceptors (Lipinski definition) is 2. The zero-order valence-electron chi connectivity index (χ0n) is 10.7. The number of Topliss-reactive ketones (excluding diaryl/α,β-unsaturated/α-hetero) is 1. The third-order valence-corrected chi connectivity index (χ3v) is 4.39. The first-order valence-corrected chi connectivity index (χ1v) is 6.59. The molecule has 0 saturated heterocycles. The number of benzene rings is 2. The lowest BCUT2D eigenvalue weighted by molar-refractivity contribution is -0.120. The van der Waals surface area contributed by atoms with Crippen LogP contribution in [0.3, 0.4) is 0 Å². The van der Waals surface area contributed by atoms with E-state index in [0.29, 0.717) is 12.2 Å². The van der Waals surface area contributed by atoms with Gasteiger partial charge in [-0.2, -0.15) is 0 Å². The van der Waals surface area contributed by atoms with Crippen molar-refractivity contribution in [2.75, 3.05) is 7.11 Å². The van der Waals surface area contributed by atoms with Crippen LogP contribution in [0.1, 0.15) is 40.5 Å². The average molecular weight is 250 g/mol. The van der Waals surface area contributed by atoms with Crippen molar-refractivity contribution in [3.05, 3.63) is 64.7 Å². The third kappa shape index (κ3) is 1.34. The lowest BCUT2D eigenvalue weighted by atomic mass is 9.63. The SMILES string of the molecule is COc1ccc2c(c1)C1CC(=O)C2c2ccccc21. The summed E-state index contributed by atoms with van der Waals surface area (Å²) in [6.07, 6.45) is 0.627. The molecule has 0 aliphatic heterocycles. The lowest BCUT2D eigenvalue weighted by Gasteiger charge is -2.39. The first kappa shape index (κ1) is 10.8. The number of methoxy groups -OCH3 is 1. The second-order valence-electron chi connectivity index (χ2n) is 5.28. The molecule has 2 atom stereocenters. The number of ether oxygens (including phenoxy) is 1. The molecule has 2 unspecified atom stereocenters. The third-order valence-electron chi connectivity index (χ3n) is 4.39. The molecule has 0 saturated carbocycles. The van der Waals surface area contributed by atoms with E-state index < -0.39 is 0 Å². The number of fused-ring (bicyclic) bond motifs is 1. The average Bonchev–Trinajstić information content (AvgIpc) is 2.47. The summed E-state index contributed by atoms with van der Waals surface area (Å²) in [5.74, 6) is 1.36. The van der Waals surface area contributed by atoms with Crippen LogP contribution in [0.15, 0.2) is 42.5 Å². The van der Waals surface area contributed by atoms with Crippen molar-refractivity contribution in [3.8, 4) is 5.75 Å². The Bertz CT molecular complexity index is 687. The Morgan fingerprint density at radius 1 is 1.00 bits per heavy atom. The zero-order valence-corrected chi connectivity index (χ0v) is 10.7. The maximum absolute atomic E-state index is 12.3. The van der Waals surface area contributed by atoms with Crippen LogP contribution in [-0.2, 0) is 4.79 Å². The van der Waals surface area contributed by atoms with Gasteiger partial charge in [-0.25, -0.2) is 0 Å². The van der Waals surface area contributed by atoms with Gasteiger partial charge in [-0.3, -0.25) is 4.79 Å². The minimum Gasteiger partial charge on any atom is -0.497 e. The Labute approximate surface area is 112 Å². The van der Waals surface area contributed by atoms with Gasteiger partial charge in [0, 0.05) is 12.3 Å². The molecule has 3 aliphatic rings. The normalized spacial score (nSPS) is 22.9. The molecule has 2 aromatic carbocycles. The molecule has 2 heteroatoms. The van der Waals surface area contributed by atoms with Crippen LogP contribution in [0, 0.1) is 0 Å². The molecule has 19 heavy (non-hydrogen) atoms. The van der Waals surface area contributed by atoms with Gasteiger partial charge in [0.25, 0.3) is 0 Å². The minimum atomic E-state index is -0.0675. The van der Waals surface area contributed by atoms with E-state index in [9.17, 15) is 4.79 Å². The summed E-state index contributed by atoms with van der Waals surface area (Å²) in [6.45, 7) is 0. The molecule has 0 heterocycles. The van der Waals surface area contributed by atoms with Crippen LogP contribution in [-0.4, -0.2) is 12.9 Å². The first-order chi connectivity index (χ1) is 9.29. The fourth-order valence-corrected chi connectivity index (χ4v) is 3.56. The van der Waals surface area contributed by atoms with Gasteiger partial charge in [-0.1, -0.05) is 30.3 Å². The monoisotopic (exact) mass is 250 g/mol. The summed E-state index contributed by atoms with van der Waals surface area (Å²) in [6, 6.07) is 14.4. The van der Waals surface area contributed by atoms with Gasteiger partial charge in [0.1, 0.15) is 11.5 Å². The molecule has 2 aromatic rings. The topological polar surface area (TPSA) is 26.3 Å². The number of ketones is 1. The highest BCUT2D eigenvalue weighted by atomic mass is 16.5. The number of rotatable bonds is 1. The zero-order chi connectivity index (χ0) is 13.0. The van der Waals surface area contributed by atoms with Gasteiger partial charge in [0.15, 0.2) is 0 Å². The standard InChI is InChI=1S/C17H14O2/c1-19-10-6-7-13-14(8-10)15-9-16(18)17(13)12-5-3-2-4-11(12)15/h2-8,15,17H,9H2,1H3. The Hall–Kier alpha value is -2.09. The fourth-order valence-electron chi connectivity index (χ4n) is 3.56. The summed E-state index contributed by atoms with van der Waals surface area (Å²) < 4.78 is 5.32. The second kappa shape index (κ2) is 3.70. The van der Waals surface area contributed by atoms with Crippen molar-refractivity contribution in [1.82, 2.24) is 0 Å². The van der Waals surface area contributed by atoms with Crippen LogP contribution in [0.2, 0.25) is 0 Å². The smallest absolute Gasteiger partial charge is 0.145 e. The molecule has 3 aliphatic carbocycles. The van der Waals surface area contributed by atoms with E-state index in [-0.39, 0.29) is 11.8 Å². The van der Waals surface area contributed by atoms with Crippen molar-refractivity contribution in [2.45, 2.75) is 18.3 Å². The molecule has 2 bridgehead atoms. The van der Waals surface area contributed by atoms with Crippen molar-refractivity contribution >= 4 is 5.78 Å². The van der Waals surface area contributed by atoms with Gasteiger partial charge in [-0.05, 0) is 34.4 Å². The molecule has 2 nitrogen and oxygen atoms in total. The highest BCUT2D eigenvalue weighted by molar-refractivity contribution is 5.95. The maximum Gasteiger partial charge on any atom is 0.145 e. The molecule has 94 valence electrons. The molecule has 0 radical (unpaired) electrons. The Morgan fingerprint density at radius 2 is 1.74 bits per heavy atom. The van der Waals surface area contributed by atoms with Crippen LogP contribution < -0.4 is 4.74 Å². The van der Waals surface area contributed by atoms with E-state index in [1.54, 1.807) is 7.11 Å². The van der Waals surface area contributed by atoms with E-state index in [1.165, 1.54) is 22.3 Å². The van der Waals surface area contributed by atoms with Crippen LogP contribution >= 0.6 is 0 Å². The second-order valence-corrected chi connectivity index (χ2v) is 5.28. The minimum absolute atomic E-state index is 0.0675. The predicted octanol–water partition coefficient (Wildman–Crippen LogP) is 3.25. The molecule has 0 fully saturated rings. The fraction of sp³-hybridized carbons (Fsp3) is 0.235. The van der Waals surface area contributed by atoms with Crippen molar-refractivity contribution in [2.24, 2.45) is 0 Å². The van der Waals surface area contributed by atoms with E-state index in [1.807, 2.05) is 12.1 Å². The summed E-state index contributed by atoms with van der Waals surface area (Å²) in [7, 11) is 1.68. The summed E-state index contributed by atoms with van der Waals surface area (Å²) in [5, 5.41) is 0. The number of carbonyl (C=O) groups is 1. The van der Waals surface area contributed by atoms with E-state index in [0.717, 1.165) is 5.75 Å². The van der Waals surface area contributed by atoms with Gasteiger partial charge < -0.3 is 4.74 Å². The van der Waals surface area contributed by atoms with Gasteiger partial charge >= 0.3 is 0 Å². The Morgan fingerprint density at radius 3 is 2.53 bits per heavy atom. The summed E-state index contributed by atoms with van der Waals surface area (Å²) in [5.41, 5.74) is 4.94. The Balaban J connectivity index is 2.00. The Kier molecular flexibility index (Phi) is 2.10. The molecular formula is C17H14O2. The van der Waals surface area contributed by atoms with E-state index in [4.69, 9.17) is 4.74 Å². The summed E-state index contributed by atoms with van der Waals surface area (Å²) >= 11 is 0. The molecule has 0 N–H and O–H groups in total. The predicted molar refractivity (Wildman–Crippen MR) is 72.7 cm³/mol. The lowest BCUT2D eigenvalue weighted by Crippen LogP contribution is -2.32. The van der Waals surface area contributed by atoms with Gasteiger partial charge in [0.05, 0.1) is 13.0 Å². The molecule has 5 rings (SSSR count). The highest BCUT2D eigenvalue weighted by Gasteiger charge is 2.42. The molecule has 0 amide bonds. The van der Waals surface area contributed by atoms with E-state index in [2.05, 4.69) is 30.3 Å². The first-order valence-electron chi connectivity index (χ1n) is 6.59. The molecule has 0 spiro atoms. The van der Waals surface area contributed by atoms with Crippen molar-refractivity contribution < 1.29 is 9.53 Å². The number of hydrogen-bond donors (Lipinski definition) is 0. The largest absolute Gasteiger partial charge is 0.497 e. The van der Waals surface area contributed by atoms with Crippen molar-refractivity contribution in [1.29, 1.82) is 0 Å². The van der Waals surface area contributed by atoms with Crippen LogP contribution in [0.4, 0.5) is 0 Å². The van der Waals surface area contributed by atoms with Gasteiger partial charge in [-0.15, -0.1) is 0 Å². The van der Waals surface area contributed by atoms with E-state index >= 15 is 0 Å².